The van der Waals surface area contributed by atoms with Gasteiger partial charge < -0.3 is 9.72 Å². The lowest BCUT2D eigenvalue weighted by Gasteiger charge is -2.06. The van der Waals surface area contributed by atoms with Crippen LogP contribution in [-0.4, -0.2) is 16.2 Å². The maximum atomic E-state index is 8.88. The number of hydrogen-bond donors (Lipinski definition) is 1. The minimum atomic E-state index is 0.599. The van der Waals surface area contributed by atoms with Crippen LogP contribution in [0.5, 0.6) is 5.75 Å². The van der Waals surface area contributed by atoms with Gasteiger partial charge in [0.1, 0.15) is 11.3 Å². The summed E-state index contributed by atoms with van der Waals surface area (Å²) in [4.78, 5) is 3.20. The molecule has 0 aliphatic heterocycles. The normalized spacial score (nSPS) is 10.5. The predicted octanol–water partition coefficient (Wildman–Crippen LogP) is 3.96. The Morgan fingerprint density at radius 2 is 2.00 bits per heavy atom. The van der Waals surface area contributed by atoms with Crippen LogP contribution in [0.25, 0.3) is 16.7 Å². The maximum Gasteiger partial charge on any atom is 0.182 e. The molecular formula is C16H13N3OS. The molecule has 3 aromatic rings. The first-order valence-electron chi connectivity index (χ1n) is 6.61. The number of nitrogens with one attached hydrogen (secondary N) is 1. The highest BCUT2D eigenvalue weighted by Crippen LogP contribution is 2.27. The van der Waals surface area contributed by atoms with Crippen molar-refractivity contribution >= 4 is 23.3 Å². The van der Waals surface area contributed by atoms with Crippen LogP contribution < -0.4 is 4.74 Å². The minimum Gasteiger partial charge on any atom is -0.492 e. The predicted molar refractivity (Wildman–Crippen MR) is 84.3 cm³/mol. The minimum absolute atomic E-state index is 0.599. The standard InChI is InChI=1S/C16H13N3OS/c1-2-20-14-5-3-4-13-15(14)18-16(21)19(13)12-8-6-11(10-17)7-9-12/h3-9H,2H2,1H3,(H,18,21). The van der Waals surface area contributed by atoms with Gasteiger partial charge in [-0.2, -0.15) is 5.26 Å². The van der Waals surface area contributed by atoms with E-state index in [1.54, 1.807) is 12.1 Å². The molecule has 0 spiro atoms. The lowest BCUT2D eigenvalue weighted by Crippen LogP contribution is -1.95. The second-order valence-electron chi connectivity index (χ2n) is 4.51. The number of imidazole rings is 1. The number of nitrogens with zero attached hydrogens (tertiary/aromatic N) is 2. The van der Waals surface area contributed by atoms with Gasteiger partial charge in [0.25, 0.3) is 0 Å². The smallest absolute Gasteiger partial charge is 0.182 e. The van der Waals surface area contributed by atoms with E-state index < -0.39 is 0 Å². The number of aromatic nitrogens is 2. The second kappa shape index (κ2) is 5.43. The molecule has 1 aromatic heterocycles. The third kappa shape index (κ3) is 2.30. The van der Waals surface area contributed by atoms with E-state index in [2.05, 4.69) is 11.1 Å². The first kappa shape index (κ1) is 13.4. The molecule has 0 saturated carbocycles. The van der Waals surface area contributed by atoms with E-state index in [0.717, 1.165) is 22.5 Å². The zero-order chi connectivity index (χ0) is 14.8. The molecule has 3 rings (SSSR count). The highest BCUT2D eigenvalue weighted by atomic mass is 32.1. The van der Waals surface area contributed by atoms with E-state index in [9.17, 15) is 0 Å². The number of aromatic amines is 1. The molecule has 0 unspecified atom stereocenters. The average molecular weight is 295 g/mol. The van der Waals surface area contributed by atoms with E-state index in [1.165, 1.54) is 0 Å². The molecule has 2 aromatic carbocycles. The monoisotopic (exact) mass is 295 g/mol. The number of H-pyrrole nitrogens is 1. The summed E-state index contributed by atoms with van der Waals surface area (Å²) < 4.78 is 8.16. The highest BCUT2D eigenvalue weighted by molar-refractivity contribution is 7.71. The fourth-order valence-corrected chi connectivity index (χ4v) is 2.63. The zero-order valence-corrected chi connectivity index (χ0v) is 12.3. The van der Waals surface area contributed by atoms with Crippen LogP contribution in [0, 0.1) is 16.1 Å². The maximum absolute atomic E-state index is 8.88. The molecule has 1 heterocycles. The zero-order valence-electron chi connectivity index (χ0n) is 11.5. The van der Waals surface area contributed by atoms with Crippen molar-refractivity contribution in [1.82, 2.24) is 9.55 Å². The van der Waals surface area contributed by atoms with Crippen molar-refractivity contribution in [2.75, 3.05) is 6.61 Å². The van der Waals surface area contributed by atoms with Gasteiger partial charge in [-0.15, -0.1) is 0 Å². The van der Waals surface area contributed by atoms with Crippen molar-refractivity contribution in [2.24, 2.45) is 0 Å². The summed E-state index contributed by atoms with van der Waals surface area (Å²) in [6.07, 6.45) is 0. The number of ether oxygens (including phenoxy) is 1. The first-order chi connectivity index (χ1) is 10.2. The lowest BCUT2D eigenvalue weighted by molar-refractivity contribution is 0.343. The third-order valence-corrected chi connectivity index (χ3v) is 3.52. The molecule has 4 nitrogen and oxygen atoms in total. The van der Waals surface area contributed by atoms with E-state index in [-0.39, 0.29) is 0 Å². The summed E-state index contributed by atoms with van der Waals surface area (Å²) in [5.74, 6) is 0.786. The molecule has 5 heteroatoms. The molecule has 0 fully saturated rings. The molecule has 1 N–H and O–H groups in total. The number of benzene rings is 2. The third-order valence-electron chi connectivity index (χ3n) is 3.23. The van der Waals surface area contributed by atoms with Crippen LogP contribution in [-0.2, 0) is 0 Å². The fraction of sp³-hybridized carbons (Fsp3) is 0.125. The van der Waals surface area contributed by atoms with Crippen LogP contribution in [0.4, 0.5) is 0 Å². The van der Waals surface area contributed by atoms with E-state index >= 15 is 0 Å². The molecule has 0 aliphatic carbocycles. The number of hydrogen-bond acceptors (Lipinski definition) is 3. The summed E-state index contributed by atoms with van der Waals surface area (Å²) >= 11 is 5.43. The van der Waals surface area contributed by atoms with Gasteiger partial charge in [-0.1, -0.05) is 6.07 Å². The molecule has 0 aliphatic rings. The van der Waals surface area contributed by atoms with Crippen LogP contribution in [0.3, 0.4) is 0 Å². The van der Waals surface area contributed by atoms with Gasteiger partial charge in [-0.25, -0.2) is 0 Å². The van der Waals surface area contributed by atoms with E-state index in [1.807, 2.05) is 41.8 Å². The number of nitriles is 1. The van der Waals surface area contributed by atoms with Gasteiger partial charge >= 0.3 is 0 Å². The number of rotatable bonds is 3. The molecule has 0 saturated heterocycles. The van der Waals surface area contributed by atoms with E-state index in [0.29, 0.717) is 16.9 Å². The molecule has 21 heavy (non-hydrogen) atoms. The topological polar surface area (TPSA) is 53.7 Å². The van der Waals surface area contributed by atoms with Gasteiger partial charge in [-0.3, -0.25) is 4.57 Å². The van der Waals surface area contributed by atoms with Crippen molar-refractivity contribution in [3.05, 3.63) is 52.8 Å². The van der Waals surface area contributed by atoms with Gasteiger partial charge in [-0.05, 0) is 55.5 Å². The van der Waals surface area contributed by atoms with Crippen molar-refractivity contribution in [3.63, 3.8) is 0 Å². The fourth-order valence-electron chi connectivity index (χ4n) is 2.32. The number of para-hydroxylation sites is 1. The molecule has 0 bridgehead atoms. The summed E-state index contributed by atoms with van der Waals surface area (Å²) in [6.45, 7) is 2.55. The van der Waals surface area contributed by atoms with Gasteiger partial charge in [0.2, 0.25) is 0 Å². The van der Waals surface area contributed by atoms with Gasteiger partial charge in [0.15, 0.2) is 4.77 Å². The largest absolute Gasteiger partial charge is 0.492 e. The molecule has 104 valence electrons. The van der Waals surface area contributed by atoms with Gasteiger partial charge in [0, 0.05) is 5.69 Å². The van der Waals surface area contributed by atoms with Crippen molar-refractivity contribution in [1.29, 1.82) is 5.26 Å². The Morgan fingerprint density at radius 1 is 1.24 bits per heavy atom. The highest BCUT2D eigenvalue weighted by Gasteiger charge is 2.10. The van der Waals surface area contributed by atoms with Crippen LogP contribution >= 0.6 is 12.2 Å². The Balaban J connectivity index is 2.23. The molecule has 0 amide bonds. The van der Waals surface area contributed by atoms with Crippen LogP contribution in [0.1, 0.15) is 12.5 Å². The summed E-state index contributed by atoms with van der Waals surface area (Å²) in [6, 6.07) is 15.3. The Kier molecular flexibility index (Phi) is 3.46. The summed E-state index contributed by atoms with van der Waals surface area (Å²) in [7, 11) is 0. The van der Waals surface area contributed by atoms with Crippen molar-refractivity contribution < 1.29 is 4.74 Å². The Bertz CT molecular complexity index is 885. The van der Waals surface area contributed by atoms with Crippen LogP contribution in [0.2, 0.25) is 0 Å². The molecule has 0 radical (unpaired) electrons. The lowest BCUT2D eigenvalue weighted by atomic mass is 10.2. The molecule has 0 atom stereocenters. The van der Waals surface area contributed by atoms with Gasteiger partial charge in [0.05, 0.1) is 23.8 Å². The van der Waals surface area contributed by atoms with E-state index in [4.69, 9.17) is 22.2 Å². The quantitative estimate of drug-likeness (QED) is 0.744. The Morgan fingerprint density at radius 3 is 2.67 bits per heavy atom. The second-order valence-corrected chi connectivity index (χ2v) is 4.89. The summed E-state index contributed by atoms with van der Waals surface area (Å²) in [5, 5.41) is 8.88. The van der Waals surface area contributed by atoms with Crippen LogP contribution in [0.15, 0.2) is 42.5 Å². The Labute approximate surface area is 127 Å². The molecular weight excluding hydrogens is 282 g/mol. The Hall–Kier alpha value is -2.58. The van der Waals surface area contributed by atoms with Crippen molar-refractivity contribution in [3.8, 4) is 17.5 Å². The van der Waals surface area contributed by atoms with Crippen molar-refractivity contribution in [2.45, 2.75) is 6.92 Å². The average Bonchev–Trinajstić information content (AvgIpc) is 2.85. The first-order valence-corrected chi connectivity index (χ1v) is 7.02. The SMILES string of the molecule is CCOc1cccc2c1[nH]c(=S)n2-c1ccc(C#N)cc1. The summed E-state index contributed by atoms with van der Waals surface area (Å²) in [5.41, 5.74) is 3.38. The number of fused-ring (bicyclic) bond motifs is 1.